The molecule has 0 rings (SSSR count). The number of allylic oxidation sites excluding steroid dienone is 8. The lowest BCUT2D eigenvalue weighted by Gasteiger charge is -2.21. The molecule has 94 heavy (non-hydrogen) atoms. The van der Waals surface area contributed by atoms with E-state index < -0.39 is 97.5 Å². The minimum absolute atomic E-state index is 0.0832. The highest BCUT2D eigenvalue weighted by Gasteiger charge is 2.30. The SMILES string of the molecule is CCCCCC/C=C\C=C/CCCCCCCC(=O)O[C@H](COC(=O)CCCCCCCCCCCCCCC)COP(=O)(O)OC[C@@H](O)COP(=O)(O)OC[C@@H](COC(=O)CCCCCCC/C=C\CCCCCC)OC(=O)CCCCCCC/C=C\CCCCCC. The number of carbonyl (C=O) groups is 4. The maximum absolute atomic E-state index is 13.1. The number of phosphoric acid groups is 2. The zero-order valence-corrected chi connectivity index (χ0v) is 61.7. The fourth-order valence-corrected chi connectivity index (χ4v) is 12.0. The third-order valence-electron chi connectivity index (χ3n) is 16.3. The fraction of sp³-hybridized carbons (Fsp3) is 0.840. The Morgan fingerprint density at radius 1 is 0.298 bits per heavy atom. The van der Waals surface area contributed by atoms with Gasteiger partial charge in [-0.3, -0.25) is 37.3 Å². The van der Waals surface area contributed by atoms with Gasteiger partial charge in [0.1, 0.15) is 19.3 Å². The number of unbranched alkanes of at least 4 members (excludes halogenated alkanes) is 39. The van der Waals surface area contributed by atoms with Gasteiger partial charge in [0.25, 0.3) is 0 Å². The lowest BCUT2D eigenvalue weighted by Crippen LogP contribution is -2.30. The Kier molecular flexibility index (Phi) is 66.4. The topological polar surface area (TPSA) is 237 Å². The molecular formula is C75H138O17P2. The summed E-state index contributed by atoms with van der Waals surface area (Å²) in [6, 6.07) is 0. The van der Waals surface area contributed by atoms with Crippen LogP contribution in [0.5, 0.6) is 0 Å². The van der Waals surface area contributed by atoms with E-state index >= 15 is 0 Å². The Morgan fingerprint density at radius 2 is 0.521 bits per heavy atom. The Hall–Kier alpha value is -2.98. The lowest BCUT2D eigenvalue weighted by molar-refractivity contribution is -0.161. The van der Waals surface area contributed by atoms with E-state index in [1.165, 1.54) is 135 Å². The second kappa shape index (κ2) is 68.5. The Bertz CT molecular complexity index is 1980. The van der Waals surface area contributed by atoms with Crippen LogP contribution in [0, 0.1) is 0 Å². The first-order chi connectivity index (χ1) is 45.7. The summed E-state index contributed by atoms with van der Waals surface area (Å²) in [6.07, 6.45) is 63.8. The average Bonchev–Trinajstić information content (AvgIpc) is 2.26. The van der Waals surface area contributed by atoms with Crippen LogP contribution >= 0.6 is 15.6 Å². The lowest BCUT2D eigenvalue weighted by atomic mass is 10.0. The first-order valence-electron chi connectivity index (χ1n) is 37.9. The molecule has 19 heteroatoms. The molecule has 5 atom stereocenters. The van der Waals surface area contributed by atoms with Crippen LogP contribution in [-0.4, -0.2) is 96.7 Å². The van der Waals surface area contributed by atoms with Crippen molar-refractivity contribution in [2.45, 2.75) is 367 Å². The number of hydrogen-bond donors (Lipinski definition) is 3. The summed E-state index contributed by atoms with van der Waals surface area (Å²) in [7, 11) is -9.93. The minimum Gasteiger partial charge on any atom is -0.462 e. The van der Waals surface area contributed by atoms with Crippen LogP contribution in [0.1, 0.15) is 349 Å². The van der Waals surface area contributed by atoms with Crippen LogP contribution in [0.4, 0.5) is 0 Å². The number of aliphatic hydroxyl groups excluding tert-OH is 1. The van der Waals surface area contributed by atoms with Crippen LogP contribution in [0.15, 0.2) is 48.6 Å². The van der Waals surface area contributed by atoms with E-state index in [1.807, 2.05) is 0 Å². The maximum Gasteiger partial charge on any atom is 0.472 e. The van der Waals surface area contributed by atoms with Crippen LogP contribution in [0.2, 0.25) is 0 Å². The first kappa shape index (κ1) is 91.0. The van der Waals surface area contributed by atoms with Crippen molar-refractivity contribution in [2.75, 3.05) is 39.6 Å². The number of carbonyl (C=O) groups excluding carboxylic acids is 4. The molecule has 0 bridgehead atoms. The Labute approximate surface area is 572 Å². The monoisotopic (exact) mass is 1370 g/mol. The molecule has 0 saturated carbocycles. The van der Waals surface area contributed by atoms with E-state index in [-0.39, 0.29) is 25.7 Å². The summed E-state index contributed by atoms with van der Waals surface area (Å²) < 4.78 is 68.4. The van der Waals surface area contributed by atoms with Gasteiger partial charge in [0.2, 0.25) is 0 Å². The van der Waals surface area contributed by atoms with Gasteiger partial charge in [-0.25, -0.2) is 9.13 Å². The predicted molar refractivity (Wildman–Crippen MR) is 381 cm³/mol. The zero-order valence-electron chi connectivity index (χ0n) is 59.9. The van der Waals surface area contributed by atoms with E-state index in [2.05, 4.69) is 76.3 Å². The van der Waals surface area contributed by atoms with E-state index in [4.69, 9.17) is 37.0 Å². The predicted octanol–water partition coefficient (Wildman–Crippen LogP) is 21.3. The molecule has 0 aliphatic carbocycles. The minimum atomic E-state index is -4.97. The second-order valence-electron chi connectivity index (χ2n) is 25.6. The van der Waals surface area contributed by atoms with E-state index in [0.29, 0.717) is 25.7 Å². The molecule has 0 fully saturated rings. The Morgan fingerprint density at radius 3 is 0.809 bits per heavy atom. The molecule has 3 N–H and O–H groups in total. The molecule has 0 amide bonds. The van der Waals surface area contributed by atoms with Crippen molar-refractivity contribution in [3.63, 3.8) is 0 Å². The molecule has 2 unspecified atom stereocenters. The zero-order chi connectivity index (χ0) is 69.0. The first-order valence-corrected chi connectivity index (χ1v) is 40.9. The molecule has 17 nitrogen and oxygen atoms in total. The maximum atomic E-state index is 13.1. The van der Waals surface area contributed by atoms with Crippen molar-refractivity contribution in [1.29, 1.82) is 0 Å². The number of phosphoric ester groups is 2. The smallest absolute Gasteiger partial charge is 0.462 e. The molecule has 0 saturated heterocycles. The largest absolute Gasteiger partial charge is 0.472 e. The number of hydrogen-bond acceptors (Lipinski definition) is 15. The summed E-state index contributed by atoms with van der Waals surface area (Å²) in [4.78, 5) is 72.7. The molecule has 0 aromatic heterocycles. The van der Waals surface area contributed by atoms with Gasteiger partial charge in [0.05, 0.1) is 26.4 Å². The van der Waals surface area contributed by atoms with Gasteiger partial charge >= 0.3 is 39.5 Å². The van der Waals surface area contributed by atoms with Gasteiger partial charge < -0.3 is 33.8 Å². The number of aliphatic hydroxyl groups is 1. The van der Waals surface area contributed by atoms with Crippen molar-refractivity contribution in [2.24, 2.45) is 0 Å². The van der Waals surface area contributed by atoms with Gasteiger partial charge in [0.15, 0.2) is 12.2 Å². The van der Waals surface area contributed by atoms with Gasteiger partial charge in [0, 0.05) is 25.7 Å². The van der Waals surface area contributed by atoms with Crippen molar-refractivity contribution >= 4 is 39.5 Å². The standard InChI is InChI=1S/C75H138O17P2/c1-5-9-13-17-21-25-29-33-34-38-42-46-50-54-58-62-75(80)92-71(66-86-73(78)60-56-52-48-44-40-36-31-27-23-19-15-11-7-3)68-90-94(83,84)88-64-69(76)63-87-93(81,82)89-67-70(91-74(79)61-57-53-49-45-41-37-32-28-24-20-16-12-8-4)65-85-72(77)59-55-51-47-43-39-35-30-26-22-18-14-10-6-2/h25-26,28-30,32-34,69-71,76H,5-24,27,31,35-68H2,1-4H3,(H,81,82)(H,83,84)/b29-25-,30-26-,32-28-,34-33-/t69-,70+,71+/m0/s1. The van der Waals surface area contributed by atoms with Crippen molar-refractivity contribution in [3.05, 3.63) is 48.6 Å². The molecule has 0 aliphatic heterocycles. The van der Waals surface area contributed by atoms with E-state index in [1.54, 1.807) is 0 Å². The summed E-state index contributed by atoms with van der Waals surface area (Å²) >= 11 is 0. The number of ether oxygens (including phenoxy) is 4. The fourth-order valence-electron chi connectivity index (χ4n) is 10.4. The van der Waals surface area contributed by atoms with Crippen molar-refractivity contribution < 1.29 is 80.2 Å². The number of esters is 4. The normalized spacial score (nSPS) is 14.2. The van der Waals surface area contributed by atoms with E-state index in [9.17, 15) is 43.2 Å². The summed E-state index contributed by atoms with van der Waals surface area (Å²) in [5.74, 6) is -2.18. The third kappa shape index (κ3) is 67.6. The molecule has 0 heterocycles. The van der Waals surface area contributed by atoms with Crippen LogP contribution < -0.4 is 0 Å². The molecule has 0 aromatic carbocycles. The molecule has 0 aromatic rings. The van der Waals surface area contributed by atoms with Crippen molar-refractivity contribution in [3.8, 4) is 0 Å². The van der Waals surface area contributed by atoms with Gasteiger partial charge in [-0.15, -0.1) is 0 Å². The Balaban J connectivity index is 5.33. The van der Waals surface area contributed by atoms with Gasteiger partial charge in [-0.1, -0.05) is 269 Å². The second-order valence-corrected chi connectivity index (χ2v) is 28.5. The highest BCUT2D eigenvalue weighted by molar-refractivity contribution is 7.47. The summed E-state index contributed by atoms with van der Waals surface area (Å²) in [5, 5.41) is 10.6. The number of rotatable bonds is 72. The highest BCUT2D eigenvalue weighted by Crippen LogP contribution is 2.45. The average molecular weight is 1370 g/mol. The molecule has 0 spiro atoms. The quantitative estimate of drug-likeness (QED) is 0.0128. The van der Waals surface area contributed by atoms with Gasteiger partial charge in [-0.2, -0.15) is 0 Å². The summed E-state index contributed by atoms with van der Waals surface area (Å²) in [5.41, 5.74) is 0. The summed E-state index contributed by atoms with van der Waals surface area (Å²) in [6.45, 7) is 4.84. The molecular weight excluding hydrogens is 1230 g/mol. The van der Waals surface area contributed by atoms with Gasteiger partial charge in [-0.05, 0) is 103 Å². The van der Waals surface area contributed by atoms with E-state index in [0.717, 1.165) is 135 Å². The molecule has 0 radical (unpaired) electrons. The molecule has 550 valence electrons. The van der Waals surface area contributed by atoms with Crippen LogP contribution in [-0.2, 0) is 65.4 Å². The molecule has 0 aliphatic rings. The van der Waals surface area contributed by atoms with Crippen LogP contribution in [0.3, 0.4) is 0 Å². The highest BCUT2D eigenvalue weighted by atomic mass is 31.2. The van der Waals surface area contributed by atoms with Crippen LogP contribution in [0.25, 0.3) is 0 Å². The third-order valence-corrected chi connectivity index (χ3v) is 18.2. The van der Waals surface area contributed by atoms with Crippen molar-refractivity contribution in [1.82, 2.24) is 0 Å².